The molecule has 1 aromatic carbocycles. The first kappa shape index (κ1) is 16.3. The first-order chi connectivity index (χ1) is 11.5. The zero-order valence-electron chi connectivity index (χ0n) is 13.4. The molecule has 3 aromatic rings. The van der Waals surface area contributed by atoms with Crippen molar-refractivity contribution in [3.8, 4) is 5.69 Å². The number of nitrogens with zero attached hydrogens (tertiary/aromatic N) is 4. The Bertz CT molecular complexity index is 869. The number of rotatable bonds is 4. The van der Waals surface area contributed by atoms with Crippen LogP contribution in [0.4, 0.5) is 10.2 Å². The summed E-state index contributed by atoms with van der Waals surface area (Å²) < 4.78 is 14.5. The topological polar surface area (TPSA) is 72.7 Å². The van der Waals surface area contributed by atoms with Crippen LogP contribution in [0, 0.1) is 12.7 Å². The molecule has 3 rings (SSSR count). The second-order valence-electron chi connectivity index (χ2n) is 5.54. The van der Waals surface area contributed by atoms with Crippen LogP contribution < -0.4 is 5.32 Å². The van der Waals surface area contributed by atoms with Crippen molar-refractivity contribution in [2.75, 3.05) is 5.32 Å². The van der Waals surface area contributed by atoms with Crippen LogP contribution in [0.25, 0.3) is 5.69 Å². The quantitative estimate of drug-likeness (QED) is 0.785. The Labute approximate surface area is 142 Å². The number of benzene rings is 1. The van der Waals surface area contributed by atoms with Gasteiger partial charge < -0.3 is 5.32 Å². The number of aryl methyl sites for hydroxylation is 1. The van der Waals surface area contributed by atoms with E-state index in [-0.39, 0.29) is 17.6 Å². The molecule has 0 bridgehead atoms. The summed E-state index contributed by atoms with van der Waals surface area (Å²) in [6.07, 6.45) is 0. The van der Waals surface area contributed by atoms with Crippen LogP contribution in [0.1, 0.15) is 41.1 Å². The van der Waals surface area contributed by atoms with E-state index in [1.54, 1.807) is 24.6 Å². The zero-order chi connectivity index (χ0) is 17.3. The number of halogens is 1. The maximum atomic E-state index is 13.0. The SMILES string of the molecule is Cc1nc(C(=O)Nc2ncsc2C(C)C)nn1-c1ccc(F)cc1. The molecule has 0 radical (unpaired) electrons. The van der Waals surface area contributed by atoms with Crippen LogP contribution in [0.3, 0.4) is 0 Å². The smallest absolute Gasteiger partial charge is 0.296 e. The summed E-state index contributed by atoms with van der Waals surface area (Å²) in [6, 6.07) is 5.83. The minimum absolute atomic E-state index is 0.0412. The predicted molar refractivity (Wildman–Crippen MR) is 90.2 cm³/mol. The van der Waals surface area contributed by atoms with Crippen LogP contribution in [-0.4, -0.2) is 25.7 Å². The minimum atomic E-state index is -0.424. The fraction of sp³-hybridized carbons (Fsp3) is 0.250. The van der Waals surface area contributed by atoms with Crippen molar-refractivity contribution >= 4 is 23.1 Å². The van der Waals surface area contributed by atoms with Gasteiger partial charge in [0.1, 0.15) is 17.5 Å². The van der Waals surface area contributed by atoms with Gasteiger partial charge in [0.15, 0.2) is 0 Å². The number of amides is 1. The highest BCUT2D eigenvalue weighted by Gasteiger charge is 2.19. The van der Waals surface area contributed by atoms with Crippen LogP contribution in [0.5, 0.6) is 0 Å². The Morgan fingerprint density at radius 2 is 2.00 bits per heavy atom. The maximum Gasteiger partial charge on any atom is 0.296 e. The molecule has 8 heteroatoms. The number of anilines is 1. The molecule has 0 aliphatic carbocycles. The van der Waals surface area contributed by atoms with Gasteiger partial charge in [-0.05, 0) is 37.1 Å². The van der Waals surface area contributed by atoms with Gasteiger partial charge in [-0.15, -0.1) is 16.4 Å². The normalized spacial score (nSPS) is 11.0. The molecule has 0 aliphatic heterocycles. The standard InChI is InChI=1S/C16H16FN5OS/c1-9(2)13-14(18-8-24-13)20-16(23)15-19-10(3)22(21-15)12-6-4-11(17)5-7-12/h4-9H,1-3H3,(H,20,23). The van der Waals surface area contributed by atoms with E-state index in [0.717, 1.165) is 4.88 Å². The van der Waals surface area contributed by atoms with E-state index >= 15 is 0 Å². The fourth-order valence-corrected chi connectivity index (χ4v) is 2.99. The molecule has 0 fully saturated rings. The van der Waals surface area contributed by atoms with Gasteiger partial charge in [0.25, 0.3) is 5.91 Å². The van der Waals surface area contributed by atoms with E-state index in [1.165, 1.54) is 28.2 Å². The highest BCUT2D eigenvalue weighted by molar-refractivity contribution is 7.10. The lowest BCUT2D eigenvalue weighted by Crippen LogP contribution is -2.15. The Morgan fingerprint density at radius 3 is 2.67 bits per heavy atom. The van der Waals surface area contributed by atoms with Crippen molar-refractivity contribution in [2.24, 2.45) is 0 Å². The molecule has 0 saturated carbocycles. The summed E-state index contributed by atoms with van der Waals surface area (Å²) in [5.41, 5.74) is 2.33. The molecule has 1 amide bonds. The predicted octanol–water partition coefficient (Wildman–Crippen LogP) is 3.55. The van der Waals surface area contributed by atoms with Gasteiger partial charge in [-0.25, -0.2) is 19.0 Å². The molecular weight excluding hydrogens is 329 g/mol. The second-order valence-corrected chi connectivity index (χ2v) is 6.43. The third kappa shape index (κ3) is 3.18. The molecule has 0 spiro atoms. The van der Waals surface area contributed by atoms with Gasteiger partial charge in [0, 0.05) is 0 Å². The lowest BCUT2D eigenvalue weighted by molar-refractivity contribution is 0.101. The highest BCUT2D eigenvalue weighted by atomic mass is 32.1. The number of nitrogens with one attached hydrogen (secondary N) is 1. The lowest BCUT2D eigenvalue weighted by atomic mass is 10.2. The van der Waals surface area contributed by atoms with E-state index in [9.17, 15) is 9.18 Å². The Balaban J connectivity index is 1.85. The second kappa shape index (κ2) is 6.48. The molecule has 0 aliphatic rings. The number of carbonyl (C=O) groups excluding carboxylic acids is 1. The summed E-state index contributed by atoms with van der Waals surface area (Å²) in [7, 11) is 0. The molecule has 2 heterocycles. The van der Waals surface area contributed by atoms with Gasteiger partial charge in [-0.2, -0.15) is 0 Å². The number of hydrogen-bond acceptors (Lipinski definition) is 5. The molecule has 124 valence electrons. The van der Waals surface area contributed by atoms with E-state index < -0.39 is 5.91 Å². The number of thiazole rings is 1. The number of aromatic nitrogens is 4. The highest BCUT2D eigenvalue weighted by Crippen LogP contribution is 2.27. The van der Waals surface area contributed by atoms with Crippen LogP contribution >= 0.6 is 11.3 Å². The fourth-order valence-electron chi connectivity index (χ4n) is 2.24. The van der Waals surface area contributed by atoms with E-state index in [1.807, 2.05) is 13.8 Å². The van der Waals surface area contributed by atoms with Crippen LogP contribution in [0.2, 0.25) is 0 Å². The van der Waals surface area contributed by atoms with E-state index in [0.29, 0.717) is 17.3 Å². The third-order valence-corrected chi connectivity index (χ3v) is 4.52. The third-order valence-electron chi connectivity index (χ3n) is 3.39. The zero-order valence-corrected chi connectivity index (χ0v) is 14.3. The summed E-state index contributed by atoms with van der Waals surface area (Å²) in [4.78, 5) is 21.8. The Hall–Kier alpha value is -2.61. The van der Waals surface area contributed by atoms with Crippen LogP contribution in [0.15, 0.2) is 29.8 Å². The number of carbonyl (C=O) groups is 1. The van der Waals surface area contributed by atoms with Crippen molar-refractivity contribution in [3.05, 3.63) is 52.1 Å². The van der Waals surface area contributed by atoms with Gasteiger partial charge in [-0.1, -0.05) is 13.8 Å². The lowest BCUT2D eigenvalue weighted by Gasteiger charge is -2.05. The first-order valence-electron chi connectivity index (χ1n) is 7.40. The van der Waals surface area contributed by atoms with Crippen molar-refractivity contribution in [2.45, 2.75) is 26.7 Å². The average molecular weight is 345 g/mol. The van der Waals surface area contributed by atoms with Gasteiger partial charge >= 0.3 is 0 Å². The molecule has 2 aromatic heterocycles. The summed E-state index contributed by atoms with van der Waals surface area (Å²) in [5.74, 6) is 0.620. The Morgan fingerprint density at radius 1 is 1.29 bits per heavy atom. The molecule has 0 saturated heterocycles. The summed E-state index contributed by atoms with van der Waals surface area (Å²) in [6.45, 7) is 5.80. The average Bonchev–Trinajstić information content (AvgIpc) is 3.15. The van der Waals surface area contributed by atoms with Crippen molar-refractivity contribution in [1.82, 2.24) is 19.7 Å². The van der Waals surface area contributed by atoms with Crippen molar-refractivity contribution < 1.29 is 9.18 Å². The summed E-state index contributed by atoms with van der Waals surface area (Å²) in [5, 5.41) is 6.96. The van der Waals surface area contributed by atoms with E-state index in [4.69, 9.17) is 0 Å². The first-order valence-corrected chi connectivity index (χ1v) is 8.28. The van der Waals surface area contributed by atoms with E-state index in [2.05, 4.69) is 20.4 Å². The molecule has 0 unspecified atom stereocenters. The molecule has 0 atom stereocenters. The van der Waals surface area contributed by atoms with Crippen molar-refractivity contribution in [1.29, 1.82) is 0 Å². The molecule has 24 heavy (non-hydrogen) atoms. The van der Waals surface area contributed by atoms with Crippen LogP contribution in [-0.2, 0) is 0 Å². The largest absolute Gasteiger partial charge is 0.303 e. The maximum absolute atomic E-state index is 13.0. The number of hydrogen-bond donors (Lipinski definition) is 1. The molecule has 6 nitrogen and oxygen atoms in total. The Kier molecular flexibility index (Phi) is 4.39. The van der Waals surface area contributed by atoms with Gasteiger partial charge in [0.05, 0.1) is 16.1 Å². The monoisotopic (exact) mass is 345 g/mol. The van der Waals surface area contributed by atoms with Crippen molar-refractivity contribution in [3.63, 3.8) is 0 Å². The van der Waals surface area contributed by atoms with Gasteiger partial charge in [-0.3, -0.25) is 4.79 Å². The summed E-state index contributed by atoms with van der Waals surface area (Å²) >= 11 is 1.49. The molecular formula is C16H16FN5OS. The van der Waals surface area contributed by atoms with Gasteiger partial charge in [0.2, 0.25) is 5.82 Å². The molecule has 1 N–H and O–H groups in total. The minimum Gasteiger partial charge on any atom is -0.303 e.